The minimum absolute atomic E-state index is 0.0695. The molecule has 62 valence electrons. The van der Waals surface area contributed by atoms with Crippen LogP contribution in [0.1, 0.15) is 12.0 Å². The molecule has 0 bridgehead atoms. The summed E-state index contributed by atoms with van der Waals surface area (Å²) in [6.07, 6.45) is 1.87. The minimum atomic E-state index is -0.0695. The summed E-state index contributed by atoms with van der Waals surface area (Å²) in [6.45, 7) is 0. The second-order valence-electron chi connectivity index (χ2n) is 2.82. The van der Waals surface area contributed by atoms with E-state index in [1.54, 1.807) is 11.8 Å². The molecule has 0 saturated heterocycles. The zero-order chi connectivity index (χ0) is 8.39. The van der Waals surface area contributed by atoms with E-state index in [1.807, 2.05) is 12.1 Å². The van der Waals surface area contributed by atoms with E-state index in [0.717, 1.165) is 12.8 Å². The van der Waals surface area contributed by atoms with Crippen molar-refractivity contribution in [1.82, 2.24) is 0 Å². The van der Waals surface area contributed by atoms with E-state index in [0.29, 0.717) is 0 Å². The Balaban J connectivity index is 2.28. The van der Waals surface area contributed by atoms with Gasteiger partial charge in [-0.25, -0.2) is 0 Å². The van der Waals surface area contributed by atoms with Crippen molar-refractivity contribution in [3.8, 4) is 0 Å². The molecule has 1 aromatic rings. The van der Waals surface area contributed by atoms with E-state index in [9.17, 15) is 4.91 Å². The van der Waals surface area contributed by atoms with Gasteiger partial charge in [0.15, 0.2) is 0 Å². The van der Waals surface area contributed by atoms with Crippen LogP contribution in [0.15, 0.2) is 34.3 Å². The van der Waals surface area contributed by atoms with Crippen molar-refractivity contribution in [2.45, 2.75) is 23.1 Å². The number of nitroso groups, excluding NO2 is 1. The van der Waals surface area contributed by atoms with Crippen molar-refractivity contribution in [3.63, 3.8) is 0 Å². The standard InChI is InChI=1S/C9H9NOS/c11-10-9-6-5-7-3-1-2-4-8(7)12-9/h1-4,9H,5-6H2. The van der Waals surface area contributed by atoms with Gasteiger partial charge in [0.25, 0.3) is 0 Å². The maximum absolute atomic E-state index is 10.3. The third-order valence-corrected chi connectivity index (χ3v) is 3.26. The molecule has 0 radical (unpaired) electrons. The van der Waals surface area contributed by atoms with Crippen LogP contribution in [0.5, 0.6) is 0 Å². The topological polar surface area (TPSA) is 29.4 Å². The Hall–Kier alpha value is -0.830. The van der Waals surface area contributed by atoms with Gasteiger partial charge in [0.2, 0.25) is 0 Å². The molecule has 12 heavy (non-hydrogen) atoms. The Bertz CT molecular complexity index is 300. The van der Waals surface area contributed by atoms with Crippen LogP contribution >= 0.6 is 11.8 Å². The average Bonchev–Trinajstić information content (AvgIpc) is 2.17. The summed E-state index contributed by atoms with van der Waals surface area (Å²) in [5.74, 6) is 0. The third kappa shape index (κ3) is 1.37. The average molecular weight is 179 g/mol. The molecule has 1 aromatic carbocycles. The van der Waals surface area contributed by atoms with E-state index in [1.165, 1.54) is 10.5 Å². The van der Waals surface area contributed by atoms with E-state index >= 15 is 0 Å². The second kappa shape index (κ2) is 3.27. The lowest BCUT2D eigenvalue weighted by atomic mass is 10.1. The van der Waals surface area contributed by atoms with E-state index in [4.69, 9.17) is 0 Å². The van der Waals surface area contributed by atoms with Gasteiger partial charge in [-0.2, -0.15) is 0 Å². The van der Waals surface area contributed by atoms with Crippen molar-refractivity contribution in [2.24, 2.45) is 5.18 Å². The maximum atomic E-state index is 10.3. The Morgan fingerprint density at radius 3 is 3.08 bits per heavy atom. The van der Waals surface area contributed by atoms with Crippen molar-refractivity contribution in [3.05, 3.63) is 34.7 Å². The first-order valence-corrected chi connectivity index (χ1v) is 4.85. The zero-order valence-corrected chi connectivity index (χ0v) is 7.38. The van der Waals surface area contributed by atoms with Gasteiger partial charge in [0.05, 0.1) is 0 Å². The number of hydrogen-bond donors (Lipinski definition) is 0. The summed E-state index contributed by atoms with van der Waals surface area (Å²) in [6, 6.07) is 8.20. The predicted octanol–water partition coefficient (Wildman–Crippen LogP) is 2.82. The van der Waals surface area contributed by atoms with Crippen LogP contribution in [0.4, 0.5) is 0 Å². The van der Waals surface area contributed by atoms with E-state index in [2.05, 4.69) is 17.3 Å². The van der Waals surface area contributed by atoms with Gasteiger partial charge in [-0.05, 0) is 24.5 Å². The molecule has 0 N–H and O–H groups in total. The lowest BCUT2D eigenvalue weighted by Crippen LogP contribution is -2.07. The number of benzene rings is 1. The van der Waals surface area contributed by atoms with Gasteiger partial charge in [0.1, 0.15) is 5.37 Å². The highest BCUT2D eigenvalue weighted by molar-refractivity contribution is 8.00. The fourth-order valence-electron chi connectivity index (χ4n) is 1.38. The first-order valence-electron chi connectivity index (χ1n) is 3.97. The van der Waals surface area contributed by atoms with Crippen molar-refractivity contribution in [1.29, 1.82) is 0 Å². The lowest BCUT2D eigenvalue weighted by molar-refractivity contribution is 0.755. The molecule has 0 spiro atoms. The Morgan fingerprint density at radius 2 is 2.25 bits per heavy atom. The van der Waals surface area contributed by atoms with Crippen molar-refractivity contribution in [2.75, 3.05) is 0 Å². The first kappa shape index (κ1) is 7.80. The zero-order valence-electron chi connectivity index (χ0n) is 6.56. The summed E-state index contributed by atoms with van der Waals surface area (Å²) < 4.78 is 0. The van der Waals surface area contributed by atoms with Crippen LogP contribution in [-0.4, -0.2) is 5.37 Å². The molecule has 0 amide bonds. The van der Waals surface area contributed by atoms with Gasteiger partial charge in [0, 0.05) is 4.90 Å². The molecule has 3 heteroatoms. The Kier molecular flexibility index (Phi) is 2.13. The molecule has 1 unspecified atom stereocenters. The fourth-order valence-corrected chi connectivity index (χ4v) is 2.43. The van der Waals surface area contributed by atoms with Crippen LogP contribution in [0.3, 0.4) is 0 Å². The largest absolute Gasteiger partial charge is 0.150 e. The summed E-state index contributed by atoms with van der Waals surface area (Å²) in [4.78, 5) is 11.5. The summed E-state index contributed by atoms with van der Waals surface area (Å²) in [7, 11) is 0. The predicted molar refractivity (Wildman–Crippen MR) is 50.2 cm³/mol. The summed E-state index contributed by atoms with van der Waals surface area (Å²) in [5.41, 5.74) is 1.35. The van der Waals surface area contributed by atoms with Crippen LogP contribution in [0.2, 0.25) is 0 Å². The monoisotopic (exact) mass is 179 g/mol. The molecule has 1 aliphatic rings. The molecule has 2 nitrogen and oxygen atoms in total. The molecular weight excluding hydrogens is 170 g/mol. The van der Waals surface area contributed by atoms with E-state index < -0.39 is 0 Å². The summed E-state index contributed by atoms with van der Waals surface area (Å²) in [5, 5.41) is 2.99. The second-order valence-corrected chi connectivity index (χ2v) is 4.04. The van der Waals surface area contributed by atoms with Crippen molar-refractivity contribution < 1.29 is 0 Å². The molecule has 0 fully saturated rings. The molecule has 1 heterocycles. The van der Waals surface area contributed by atoms with Crippen LogP contribution < -0.4 is 0 Å². The highest BCUT2D eigenvalue weighted by atomic mass is 32.2. The molecule has 1 aliphatic heterocycles. The van der Waals surface area contributed by atoms with Crippen molar-refractivity contribution >= 4 is 11.8 Å². The van der Waals surface area contributed by atoms with Crippen LogP contribution in [0.25, 0.3) is 0 Å². The molecule has 2 rings (SSSR count). The van der Waals surface area contributed by atoms with Gasteiger partial charge in [-0.15, -0.1) is 4.91 Å². The number of thioether (sulfide) groups is 1. The van der Waals surface area contributed by atoms with Crippen LogP contribution in [0, 0.1) is 4.91 Å². The molecule has 0 aliphatic carbocycles. The smallest absolute Gasteiger partial charge is 0.142 e. The number of rotatable bonds is 1. The first-order chi connectivity index (χ1) is 5.90. The van der Waals surface area contributed by atoms with Gasteiger partial charge in [-0.1, -0.05) is 35.1 Å². The minimum Gasteiger partial charge on any atom is -0.150 e. The normalized spacial score (nSPS) is 21.5. The van der Waals surface area contributed by atoms with E-state index in [-0.39, 0.29) is 5.37 Å². The van der Waals surface area contributed by atoms with Gasteiger partial charge in [-0.3, -0.25) is 0 Å². The highest BCUT2D eigenvalue weighted by Gasteiger charge is 2.18. The Morgan fingerprint density at radius 1 is 1.42 bits per heavy atom. The number of nitrogens with zero attached hydrogens (tertiary/aromatic N) is 1. The maximum Gasteiger partial charge on any atom is 0.142 e. The molecule has 1 atom stereocenters. The molecule has 0 aromatic heterocycles. The molecule has 0 saturated carbocycles. The van der Waals surface area contributed by atoms with Gasteiger partial charge >= 0.3 is 0 Å². The third-order valence-electron chi connectivity index (χ3n) is 2.01. The Labute approximate surface area is 75.3 Å². The summed E-state index contributed by atoms with van der Waals surface area (Å²) >= 11 is 1.58. The van der Waals surface area contributed by atoms with Crippen LogP contribution in [-0.2, 0) is 6.42 Å². The quantitative estimate of drug-likeness (QED) is 0.620. The SMILES string of the molecule is O=NC1CCc2ccccc2S1. The lowest BCUT2D eigenvalue weighted by Gasteiger charge is -2.17. The molecular formula is C9H9NOS. The number of fused-ring (bicyclic) bond motifs is 1. The number of aryl methyl sites for hydroxylation is 1. The fraction of sp³-hybridized carbons (Fsp3) is 0.333. The van der Waals surface area contributed by atoms with Gasteiger partial charge < -0.3 is 0 Å². The number of hydrogen-bond acceptors (Lipinski definition) is 3. The highest BCUT2D eigenvalue weighted by Crippen LogP contribution is 2.35.